The van der Waals surface area contributed by atoms with Gasteiger partial charge in [-0.15, -0.1) is 0 Å². The second-order valence-corrected chi connectivity index (χ2v) is 5.42. The Morgan fingerprint density at radius 1 is 1.40 bits per heavy atom. The minimum Gasteiger partial charge on any atom is -0.377 e. The first kappa shape index (κ1) is 13.3. The maximum Gasteiger partial charge on any atom is 0.0671 e. The lowest BCUT2D eigenvalue weighted by atomic mass is 9.95. The molecule has 1 saturated carbocycles. The maximum atomic E-state index is 5.53. The molecule has 0 radical (unpaired) electrons. The van der Waals surface area contributed by atoms with Crippen molar-refractivity contribution in [3.8, 4) is 0 Å². The van der Waals surface area contributed by atoms with Gasteiger partial charge in [0.25, 0.3) is 0 Å². The van der Waals surface area contributed by atoms with Crippen molar-refractivity contribution in [2.24, 2.45) is 0 Å². The van der Waals surface area contributed by atoms with Crippen LogP contribution in [0, 0.1) is 0 Å². The third kappa shape index (κ3) is 4.75. The Hall–Kier alpha value is 0.270. The largest absolute Gasteiger partial charge is 0.377 e. The Balaban J connectivity index is 2.22. The molecule has 0 amide bonds. The summed E-state index contributed by atoms with van der Waals surface area (Å²) in [4.78, 5) is 0. The number of hydrogen-bond acceptors (Lipinski definition) is 3. The molecule has 15 heavy (non-hydrogen) atoms. The Bertz CT molecular complexity index is 166. The zero-order valence-corrected chi connectivity index (χ0v) is 11.1. The van der Waals surface area contributed by atoms with Crippen LogP contribution in [-0.2, 0) is 4.74 Å². The molecule has 0 saturated heterocycles. The third-order valence-corrected chi connectivity index (χ3v) is 4.29. The van der Waals surface area contributed by atoms with E-state index >= 15 is 0 Å². The summed E-state index contributed by atoms with van der Waals surface area (Å²) in [6, 6.07) is 0.705. The summed E-state index contributed by atoms with van der Waals surface area (Å²) in [5.41, 5.74) is 0. The van der Waals surface area contributed by atoms with E-state index in [1.54, 1.807) is 0 Å². The first-order chi connectivity index (χ1) is 7.27. The van der Waals surface area contributed by atoms with E-state index in [-0.39, 0.29) is 0 Å². The van der Waals surface area contributed by atoms with Crippen molar-refractivity contribution in [1.82, 2.24) is 5.32 Å². The summed E-state index contributed by atoms with van der Waals surface area (Å²) < 4.78 is 5.53. The van der Waals surface area contributed by atoms with Crippen LogP contribution < -0.4 is 5.32 Å². The van der Waals surface area contributed by atoms with Crippen molar-refractivity contribution < 1.29 is 4.74 Å². The van der Waals surface area contributed by atoms with E-state index < -0.39 is 0 Å². The highest BCUT2D eigenvalue weighted by atomic mass is 32.2. The van der Waals surface area contributed by atoms with Gasteiger partial charge < -0.3 is 10.1 Å². The number of hydrogen-bond donors (Lipinski definition) is 1. The van der Waals surface area contributed by atoms with Crippen LogP contribution in [-0.4, -0.2) is 36.8 Å². The van der Waals surface area contributed by atoms with Crippen LogP contribution in [0.1, 0.15) is 39.5 Å². The van der Waals surface area contributed by atoms with Gasteiger partial charge >= 0.3 is 0 Å². The molecule has 1 aliphatic rings. The predicted molar refractivity (Wildman–Crippen MR) is 68.6 cm³/mol. The van der Waals surface area contributed by atoms with Crippen LogP contribution >= 0.6 is 11.8 Å². The molecule has 0 aromatic rings. The van der Waals surface area contributed by atoms with Crippen molar-refractivity contribution in [2.45, 2.75) is 56.9 Å². The van der Waals surface area contributed by atoms with E-state index in [4.69, 9.17) is 4.74 Å². The Morgan fingerprint density at radius 2 is 2.13 bits per heavy atom. The Morgan fingerprint density at radius 3 is 2.80 bits per heavy atom. The lowest BCUT2D eigenvalue weighted by Crippen LogP contribution is -2.43. The minimum absolute atomic E-state index is 0.347. The summed E-state index contributed by atoms with van der Waals surface area (Å²) in [5.74, 6) is 0. The van der Waals surface area contributed by atoms with E-state index in [9.17, 15) is 0 Å². The lowest BCUT2D eigenvalue weighted by Gasteiger charge is -2.32. The SMILES string of the molecule is CCOC(C)CNC1CCCCC1SC. The van der Waals surface area contributed by atoms with Crippen molar-refractivity contribution >= 4 is 11.8 Å². The summed E-state index contributed by atoms with van der Waals surface area (Å²) >= 11 is 2.02. The van der Waals surface area contributed by atoms with Gasteiger partial charge in [0, 0.05) is 24.4 Å². The average Bonchev–Trinajstić information content (AvgIpc) is 2.27. The molecular formula is C12H25NOS. The fourth-order valence-electron chi connectivity index (χ4n) is 2.27. The number of nitrogens with one attached hydrogen (secondary N) is 1. The highest BCUT2D eigenvalue weighted by Crippen LogP contribution is 2.27. The van der Waals surface area contributed by atoms with Crippen LogP contribution in [0.25, 0.3) is 0 Å². The third-order valence-electron chi connectivity index (χ3n) is 3.12. The van der Waals surface area contributed by atoms with Gasteiger partial charge in [-0.2, -0.15) is 11.8 Å². The molecule has 3 atom stereocenters. The Labute approximate surface area is 98.5 Å². The minimum atomic E-state index is 0.347. The standard InChI is InChI=1S/C12H25NOS/c1-4-14-10(2)9-13-11-7-5-6-8-12(11)15-3/h10-13H,4-9H2,1-3H3. The first-order valence-electron chi connectivity index (χ1n) is 6.15. The maximum absolute atomic E-state index is 5.53. The van der Waals surface area contributed by atoms with E-state index in [1.165, 1.54) is 25.7 Å². The van der Waals surface area contributed by atoms with E-state index in [0.29, 0.717) is 12.1 Å². The predicted octanol–water partition coefficient (Wildman–Crippen LogP) is 2.68. The molecule has 0 spiro atoms. The van der Waals surface area contributed by atoms with Crippen LogP contribution in [0.3, 0.4) is 0 Å². The van der Waals surface area contributed by atoms with Gasteiger partial charge in [0.1, 0.15) is 0 Å². The van der Waals surface area contributed by atoms with Gasteiger partial charge in [0.05, 0.1) is 6.10 Å². The van der Waals surface area contributed by atoms with Crippen LogP contribution in [0.2, 0.25) is 0 Å². The molecule has 1 rings (SSSR count). The first-order valence-corrected chi connectivity index (χ1v) is 7.44. The molecular weight excluding hydrogens is 206 g/mol. The van der Waals surface area contributed by atoms with Crippen molar-refractivity contribution in [1.29, 1.82) is 0 Å². The molecule has 0 bridgehead atoms. The monoisotopic (exact) mass is 231 g/mol. The van der Waals surface area contributed by atoms with Gasteiger partial charge in [-0.25, -0.2) is 0 Å². The number of rotatable bonds is 6. The number of ether oxygens (including phenoxy) is 1. The van der Waals surface area contributed by atoms with Gasteiger partial charge in [-0.1, -0.05) is 12.8 Å². The zero-order valence-electron chi connectivity index (χ0n) is 10.3. The smallest absolute Gasteiger partial charge is 0.0671 e. The fourth-order valence-corrected chi connectivity index (χ4v) is 3.24. The second-order valence-electron chi connectivity index (χ2n) is 4.34. The molecule has 0 aliphatic heterocycles. The number of thioether (sulfide) groups is 1. The molecule has 3 unspecified atom stereocenters. The Kier molecular flexibility index (Phi) is 6.69. The highest BCUT2D eigenvalue weighted by molar-refractivity contribution is 7.99. The normalized spacial score (nSPS) is 29.0. The second kappa shape index (κ2) is 7.53. The van der Waals surface area contributed by atoms with Crippen molar-refractivity contribution in [2.75, 3.05) is 19.4 Å². The van der Waals surface area contributed by atoms with E-state index in [2.05, 4.69) is 25.4 Å². The molecule has 1 N–H and O–H groups in total. The lowest BCUT2D eigenvalue weighted by molar-refractivity contribution is 0.0730. The molecule has 3 heteroatoms. The zero-order chi connectivity index (χ0) is 11.1. The van der Waals surface area contributed by atoms with Crippen LogP contribution in [0.15, 0.2) is 0 Å². The van der Waals surface area contributed by atoms with E-state index in [1.807, 2.05) is 11.8 Å². The quantitative estimate of drug-likeness (QED) is 0.759. The van der Waals surface area contributed by atoms with Crippen molar-refractivity contribution in [3.63, 3.8) is 0 Å². The molecule has 90 valence electrons. The molecule has 2 nitrogen and oxygen atoms in total. The van der Waals surface area contributed by atoms with Gasteiger partial charge in [-0.05, 0) is 32.9 Å². The molecule has 0 aromatic carbocycles. The molecule has 1 fully saturated rings. The molecule has 1 aliphatic carbocycles. The molecule has 0 aromatic heterocycles. The summed E-state index contributed by atoms with van der Waals surface area (Å²) in [6.07, 6.45) is 8.09. The summed E-state index contributed by atoms with van der Waals surface area (Å²) in [6.45, 7) is 6.02. The average molecular weight is 231 g/mol. The summed E-state index contributed by atoms with van der Waals surface area (Å²) in [5, 5.41) is 4.47. The fraction of sp³-hybridized carbons (Fsp3) is 1.00. The van der Waals surface area contributed by atoms with Crippen molar-refractivity contribution in [3.05, 3.63) is 0 Å². The highest BCUT2D eigenvalue weighted by Gasteiger charge is 2.23. The van der Waals surface area contributed by atoms with E-state index in [0.717, 1.165) is 18.4 Å². The van der Waals surface area contributed by atoms with Gasteiger partial charge in [0.2, 0.25) is 0 Å². The topological polar surface area (TPSA) is 21.3 Å². The summed E-state index contributed by atoms with van der Waals surface area (Å²) in [7, 11) is 0. The van der Waals surface area contributed by atoms with Gasteiger partial charge in [-0.3, -0.25) is 0 Å². The van der Waals surface area contributed by atoms with Crippen LogP contribution in [0.5, 0.6) is 0 Å². The molecule has 0 heterocycles. The van der Waals surface area contributed by atoms with Gasteiger partial charge in [0.15, 0.2) is 0 Å². The van der Waals surface area contributed by atoms with Crippen LogP contribution in [0.4, 0.5) is 0 Å².